The molecular weight excluding hydrogens is 362 g/mol. The summed E-state index contributed by atoms with van der Waals surface area (Å²) in [7, 11) is 0. The van der Waals surface area contributed by atoms with E-state index in [1.54, 1.807) is 0 Å². The average Bonchev–Trinajstić information content (AvgIpc) is 3.23. The van der Waals surface area contributed by atoms with Gasteiger partial charge in [0, 0.05) is 28.8 Å². The minimum atomic E-state index is -0.536. The summed E-state index contributed by atoms with van der Waals surface area (Å²) in [6.07, 6.45) is 8.03. The number of hydrogen-bond donors (Lipinski definition) is 1. The molecule has 3 atom stereocenters. The molecule has 0 radical (unpaired) electrons. The highest BCUT2D eigenvalue weighted by Gasteiger charge is 2.58. The van der Waals surface area contributed by atoms with E-state index in [4.69, 9.17) is 16.1 Å². The molecular formula is C24H25N3O2. The van der Waals surface area contributed by atoms with Gasteiger partial charge in [-0.05, 0) is 63.3 Å². The maximum absolute atomic E-state index is 12.9. The van der Waals surface area contributed by atoms with Crippen LogP contribution in [0.1, 0.15) is 55.9 Å². The van der Waals surface area contributed by atoms with Crippen LogP contribution in [0.4, 0.5) is 4.79 Å². The molecule has 1 amide bonds. The zero-order chi connectivity index (χ0) is 20.5. The van der Waals surface area contributed by atoms with Crippen LogP contribution in [0, 0.1) is 18.3 Å². The summed E-state index contributed by atoms with van der Waals surface area (Å²) in [6, 6.07) is 6.00. The van der Waals surface area contributed by atoms with E-state index >= 15 is 0 Å². The molecule has 1 aromatic carbocycles. The number of aromatic nitrogens is 2. The van der Waals surface area contributed by atoms with Gasteiger partial charge >= 0.3 is 6.09 Å². The van der Waals surface area contributed by atoms with Gasteiger partial charge < -0.3 is 9.72 Å². The Morgan fingerprint density at radius 3 is 2.90 bits per heavy atom. The van der Waals surface area contributed by atoms with E-state index in [1.165, 1.54) is 5.56 Å². The fraction of sp³-hybridized carbons (Fsp3) is 0.417. The third-order valence-corrected chi connectivity index (χ3v) is 6.05. The van der Waals surface area contributed by atoms with E-state index in [1.807, 2.05) is 31.7 Å². The van der Waals surface area contributed by atoms with Crippen LogP contribution >= 0.6 is 0 Å². The smallest absolute Gasteiger partial charge is 0.411 e. The van der Waals surface area contributed by atoms with Gasteiger partial charge in [-0.3, -0.25) is 4.90 Å². The van der Waals surface area contributed by atoms with Crippen molar-refractivity contribution in [3.8, 4) is 23.6 Å². The van der Waals surface area contributed by atoms with E-state index in [9.17, 15) is 4.79 Å². The Balaban J connectivity index is 1.51. The fourth-order valence-corrected chi connectivity index (χ4v) is 4.67. The van der Waals surface area contributed by atoms with Gasteiger partial charge in [0.05, 0.1) is 5.69 Å². The second kappa shape index (κ2) is 6.00. The number of terminal acetylenes is 1. The van der Waals surface area contributed by atoms with Crippen molar-refractivity contribution in [3.05, 3.63) is 53.0 Å². The zero-order valence-electron chi connectivity index (χ0n) is 17.1. The summed E-state index contributed by atoms with van der Waals surface area (Å²) < 4.78 is 5.69. The number of nitrogens with one attached hydrogen (secondary N) is 1. The van der Waals surface area contributed by atoms with E-state index in [0.717, 1.165) is 53.2 Å². The summed E-state index contributed by atoms with van der Waals surface area (Å²) in [5, 5.41) is 0. The molecule has 0 spiro atoms. The number of carbonyl (C=O) groups excluding carboxylic acids is 1. The van der Waals surface area contributed by atoms with Gasteiger partial charge in [0.1, 0.15) is 17.5 Å². The third-order valence-electron chi connectivity index (χ3n) is 6.05. The van der Waals surface area contributed by atoms with Gasteiger partial charge in [-0.15, -0.1) is 6.42 Å². The van der Waals surface area contributed by atoms with Crippen molar-refractivity contribution in [2.24, 2.45) is 5.92 Å². The molecule has 1 aliphatic heterocycles. The molecule has 3 aliphatic rings. The van der Waals surface area contributed by atoms with Crippen molar-refractivity contribution in [2.75, 3.05) is 0 Å². The highest BCUT2D eigenvalue weighted by molar-refractivity contribution is 5.73. The quantitative estimate of drug-likeness (QED) is 0.583. The maximum Gasteiger partial charge on any atom is 0.411 e. The summed E-state index contributed by atoms with van der Waals surface area (Å²) in [4.78, 5) is 23.2. The lowest BCUT2D eigenvalue weighted by Gasteiger charge is -2.30. The monoisotopic (exact) mass is 387 g/mol. The first-order valence-corrected chi connectivity index (χ1v) is 10.2. The van der Waals surface area contributed by atoms with Gasteiger partial charge in [0.2, 0.25) is 0 Å². The van der Waals surface area contributed by atoms with Crippen LogP contribution < -0.4 is 0 Å². The lowest BCUT2D eigenvalue weighted by atomic mass is 9.91. The number of imidazole rings is 1. The maximum atomic E-state index is 12.9. The van der Waals surface area contributed by atoms with E-state index in [-0.39, 0.29) is 18.2 Å². The molecule has 2 aromatic rings. The third kappa shape index (κ3) is 2.86. The molecule has 5 nitrogen and oxygen atoms in total. The van der Waals surface area contributed by atoms with E-state index in [0.29, 0.717) is 5.92 Å². The number of aryl methyl sites for hydroxylation is 2. The molecule has 3 unspecified atom stereocenters. The molecule has 29 heavy (non-hydrogen) atoms. The molecule has 5 heteroatoms. The van der Waals surface area contributed by atoms with Gasteiger partial charge in [-0.1, -0.05) is 18.6 Å². The molecule has 5 rings (SSSR count). The van der Waals surface area contributed by atoms with Gasteiger partial charge in [0.25, 0.3) is 0 Å². The second-order valence-electron chi connectivity index (χ2n) is 9.24. The van der Waals surface area contributed by atoms with E-state index in [2.05, 4.69) is 29.6 Å². The number of ether oxygens (including phenoxy) is 1. The van der Waals surface area contributed by atoms with E-state index < -0.39 is 5.60 Å². The van der Waals surface area contributed by atoms with Gasteiger partial charge in [0.15, 0.2) is 0 Å². The first-order valence-electron chi connectivity index (χ1n) is 10.2. The summed E-state index contributed by atoms with van der Waals surface area (Å²) >= 11 is 0. The lowest BCUT2D eigenvalue weighted by Crippen LogP contribution is -2.39. The Bertz CT molecular complexity index is 1080. The minimum Gasteiger partial charge on any atom is -0.444 e. The number of likely N-dealkylation sites (tertiary alicyclic amines) is 1. The zero-order valence-corrected chi connectivity index (χ0v) is 17.1. The van der Waals surface area contributed by atoms with Crippen LogP contribution in [0.5, 0.6) is 0 Å². The predicted molar refractivity (Wildman–Crippen MR) is 111 cm³/mol. The molecule has 2 aliphatic carbocycles. The van der Waals surface area contributed by atoms with Crippen LogP contribution in [0.15, 0.2) is 30.4 Å². The Kier molecular flexibility index (Phi) is 3.73. The summed E-state index contributed by atoms with van der Waals surface area (Å²) in [5.74, 6) is 3.84. The number of piperidine rings is 1. The van der Waals surface area contributed by atoms with Crippen LogP contribution in [-0.4, -0.2) is 32.6 Å². The van der Waals surface area contributed by atoms with Crippen molar-refractivity contribution in [3.63, 3.8) is 0 Å². The minimum absolute atomic E-state index is 0.176. The highest BCUT2D eigenvalue weighted by atomic mass is 16.6. The largest absolute Gasteiger partial charge is 0.444 e. The normalized spacial score (nSPS) is 24.4. The Morgan fingerprint density at radius 2 is 2.17 bits per heavy atom. The highest BCUT2D eigenvalue weighted by Crippen LogP contribution is 2.56. The number of amides is 1. The number of nitrogens with zero attached hydrogens (tertiary/aromatic N) is 2. The average molecular weight is 387 g/mol. The van der Waals surface area contributed by atoms with Crippen molar-refractivity contribution in [1.82, 2.24) is 14.9 Å². The first kappa shape index (κ1) is 18.1. The Labute approximate surface area is 171 Å². The Hall–Kier alpha value is -3.00. The van der Waals surface area contributed by atoms with Gasteiger partial charge in [-0.2, -0.15) is 0 Å². The number of carbonyl (C=O) groups is 1. The number of hydrogen-bond acceptors (Lipinski definition) is 3. The molecule has 1 aromatic heterocycles. The van der Waals surface area contributed by atoms with Crippen LogP contribution in [0.25, 0.3) is 11.3 Å². The summed E-state index contributed by atoms with van der Waals surface area (Å²) in [5.41, 5.74) is 5.82. The van der Waals surface area contributed by atoms with Gasteiger partial charge in [-0.25, -0.2) is 9.78 Å². The molecule has 148 valence electrons. The first-order chi connectivity index (χ1) is 13.8. The number of benzene rings is 1. The lowest BCUT2D eigenvalue weighted by molar-refractivity contribution is 0.0194. The molecule has 2 heterocycles. The summed E-state index contributed by atoms with van der Waals surface area (Å²) in [6.45, 7) is 9.98. The van der Waals surface area contributed by atoms with Crippen molar-refractivity contribution < 1.29 is 9.53 Å². The number of aromatic amines is 1. The standard InChI is InChI=1S/C24H25N3O2/c1-6-14-7-9-16-15(11-14)8-10-18-20(16)26-22(25-18)21-13(2)17-12-19(17)27(21)23(28)29-24(3,4)5/h1,7,9,11,17,19,21H,2,8,10,12H2,3-5H3,(H,25,26). The molecule has 0 bridgehead atoms. The molecule has 1 saturated heterocycles. The fourth-order valence-electron chi connectivity index (χ4n) is 4.67. The number of rotatable bonds is 1. The number of H-pyrrole nitrogens is 1. The van der Waals surface area contributed by atoms with Crippen LogP contribution in [0.3, 0.4) is 0 Å². The molecule has 1 N–H and O–H groups in total. The van der Waals surface area contributed by atoms with Crippen molar-refractivity contribution >= 4 is 6.09 Å². The van der Waals surface area contributed by atoms with Crippen molar-refractivity contribution in [2.45, 2.75) is 57.7 Å². The molecule has 1 saturated carbocycles. The SMILES string of the molecule is C#Cc1ccc2c(c1)CCc1[nH]c(C3C(=C)C4CC4N3C(=O)OC(C)(C)C)nc1-2. The Morgan fingerprint density at radius 1 is 1.38 bits per heavy atom. The molecule has 2 fully saturated rings. The van der Waals surface area contributed by atoms with Crippen LogP contribution in [-0.2, 0) is 17.6 Å². The number of fused-ring (bicyclic) bond motifs is 4. The topological polar surface area (TPSA) is 58.2 Å². The predicted octanol–water partition coefficient (Wildman–Crippen LogP) is 4.39. The van der Waals surface area contributed by atoms with Crippen molar-refractivity contribution in [1.29, 1.82) is 0 Å². The second-order valence-corrected chi connectivity index (χ2v) is 9.24. The van der Waals surface area contributed by atoms with Crippen LogP contribution in [0.2, 0.25) is 0 Å².